The van der Waals surface area contributed by atoms with E-state index in [9.17, 15) is 14.4 Å². The molecule has 7 heteroatoms. The van der Waals surface area contributed by atoms with E-state index in [1.165, 1.54) is 0 Å². The normalized spacial score (nSPS) is 15.9. The van der Waals surface area contributed by atoms with Gasteiger partial charge in [-0.05, 0) is 69.3 Å². The first kappa shape index (κ1) is 21.4. The van der Waals surface area contributed by atoms with Gasteiger partial charge in [-0.25, -0.2) is 4.79 Å². The highest BCUT2D eigenvalue weighted by molar-refractivity contribution is 6.03. The monoisotopic (exact) mass is 410 g/mol. The largest absolute Gasteiger partial charge is 0.491 e. The zero-order valence-electron chi connectivity index (χ0n) is 17.4. The van der Waals surface area contributed by atoms with Crippen LogP contribution in [0.1, 0.15) is 37.6 Å². The smallest absolute Gasteiger partial charge is 0.338 e. The van der Waals surface area contributed by atoms with Crippen LogP contribution in [0.15, 0.2) is 48.5 Å². The second kappa shape index (κ2) is 9.43. The molecule has 1 atom stereocenters. The van der Waals surface area contributed by atoms with Gasteiger partial charge in [-0.15, -0.1) is 0 Å². The van der Waals surface area contributed by atoms with Crippen LogP contribution < -0.4 is 15.0 Å². The van der Waals surface area contributed by atoms with Crippen LogP contribution in [0.2, 0.25) is 0 Å². The number of ether oxygens (including phenoxy) is 2. The van der Waals surface area contributed by atoms with E-state index in [2.05, 4.69) is 5.32 Å². The van der Waals surface area contributed by atoms with Crippen molar-refractivity contribution >= 4 is 29.2 Å². The molecule has 1 aliphatic rings. The van der Waals surface area contributed by atoms with E-state index < -0.39 is 11.9 Å². The van der Waals surface area contributed by atoms with Crippen LogP contribution in [0, 0.1) is 5.92 Å². The summed E-state index contributed by atoms with van der Waals surface area (Å²) in [5.41, 5.74) is 1.72. The Kier molecular flexibility index (Phi) is 6.72. The minimum Gasteiger partial charge on any atom is -0.491 e. The molecule has 1 saturated heterocycles. The van der Waals surface area contributed by atoms with Gasteiger partial charge in [-0.3, -0.25) is 9.59 Å². The molecule has 0 unspecified atom stereocenters. The van der Waals surface area contributed by atoms with Crippen molar-refractivity contribution in [2.45, 2.75) is 33.3 Å². The van der Waals surface area contributed by atoms with E-state index in [1.807, 2.05) is 38.1 Å². The third-order valence-electron chi connectivity index (χ3n) is 4.68. The summed E-state index contributed by atoms with van der Waals surface area (Å²) in [5, 5.41) is 2.82. The summed E-state index contributed by atoms with van der Waals surface area (Å²) in [7, 11) is 0. The molecule has 0 aliphatic carbocycles. The lowest BCUT2D eigenvalue weighted by atomic mass is 10.1. The van der Waals surface area contributed by atoms with Crippen LogP contribution in [0.4, 0.5) is 11.4 Å². The number of anilines is 2. The molecule has 2 aromatic rings. The molecule has 0 bridgehead atoms. The molecule has 30 heavy (non-hydrogen) atoms. The van der Waals surface area contributed by atoms with Gasteiger partial charge in [0.2, 0.25) is 11.8 Å². The highest BCUT2D eigenvalue weighted by Crippen LogP contribution is 2.28. The van der Waals surface area contributed by atoms with Gasteiger partial charge < -0.3 is 19.7 Å². The quantitative estimate of drug-likeness (QED) is 0.705. The average Bonchev–Trinajstić information content (AvgIpc) is 3.11. The summed E-state index contributed by atoms with van der Waals surface area (Å²) < 4.78 is 10.6. The van der Waals surface area contributed by atoms with Gasteiger partial charge >= 0.3 is 5.97 Å². The zero-order chi connectivity index (χ0) is 21.7. The second-order valence-corrected chi connectivity index (χ2v) is 7.35. The van der Waals surface area contributed by atoms with Crippen molar-refractivity contribution in [1.82, 2.24) is 0 Å². The number of rotatable bonds is 7. The fraction of sp³-hybridized carbons (Fsp3) is 0.348. The van der Waals surface area contributed by atoms with E-state index in [0.717, 1.165) is 11.4 Å². The van der Waals surface area contributed by atoms with Crippen LogP contribution >= 0.6 is 0 Å². The molecule has 0 aromatic heterocycles. The summed E-state index contributed by atoms with van der Waals surface area (Å²) >= 11 is 0. The zero-order valence-corrected chi connectivity index (χ0v) is 17.4. The van der Waals surface area contributed by atoms with Crippen LogP contribution in [0.25, 0.3) is 0 Å². The first-order chi connectivity index (χ1) is 14.4. The molecule has 158 valence electrons. The Morgan fingerprint density at radius 2 is 1.77 bits per heavy atom. The van der Waals surface area contributed by atoms with Crippen LogP contribution in [-0.4, -0.2) is 37.0 Å². The third-order valence-corrected chi connectivity index (χ3v) is 4.68. The number of amides is 2. The fourth-order valence-electron chi connectivity index (χ4n) is 3.26. The lowest BCUT2D eigenvalue weighted by Gasteiger charge is -2.18. The second-order valence-electron chi connectivity index (χ2n) is 7.35. The molecule has 0 radical (unpaired) electrons. The topological polar surface area (TPSA) is 84.9 Å². The molecule has 7 nitrogen and oxygen atoms in total. The lowest BCUT2D eigenvalue weighted by Crippen LogP contribution is -2.28. The number of carbonyl (C=O) groups excluding carboxylic acids is 3. The van der Waals surface area contributed by atoms with E-state index >= 15 is 0 Å². The predicted octanol–water partition coefficient (Wildman–Crippen LogP) is 3.64. The first-order valence-electron chi connectivity index (χ1n) is 10.0. The maximum absolute atomic E-state index is 12.6. The SMILES string of the molecule is CCOC(=O)c1ccc(NC(=O)[C@@H]2CC(=O)N(c3ccc(OC(C)C)cc3)C2)cc1. The number of hydrogen-bond acceptors (Lipinski definition) is 5. The van der Waals surface area contributed by atoms with Crippen molar-refractivity contribution < 1.29 is 23.9 Å². The highest BCUT2D eigenvalue weighted by atomic mass is 16.5. The molecule has 1 N–H and O–H groups in total. The van der Waals surface area contributed by atoms with Crippen molar-refractivity contribution in [3.8, 4) is 5.75 Å². The minimum absolute atomic E-state index is 0.0729. The van der Waals surface area contributed by atoms with Crippen molar-refractivity contribution in [3.63, 3.8) is 0 Å². The van der Waals surface area contributed by atoms with Gasteiger partial charge in [0.05, 0.1) is 24.2 Å². The molecular formula is C23H26N2O5. The Labute approximate surface area is 176 Å². The highest BCUT2D eigenvalue weighted by Gasteiger charge is 2.35. The predicted molar refractivity (Wildman–Crippen MR) is 114 cm³/mol. The Bertz CT molecular complexity index is 906. The molecule has 1 heterocycles. The van der Waals surface area contributed by atoms with Crippen LogP contribution in [0.5, 0.6) is 5.75 Å². The number of nitrogens with one attached hydrogen (secondary N) is 1. The number of esters is 1. The van der Waals surface area contributed by atoms with Crippen molar-refractivity contribution in [3.05, 3.63) is 54.1 Å². The third kappa shape index (κ3) is 5.17. The number of benzene rings is 2. The fourth-order valence-corrected chi connectivity index (χ4v) is 3.26. The van der Waals surface area contributed by atoms with Gasteiger partial charge in [-0.2, -0.15) is 0 Å². The maximum Gasteiger partial charge on any atom is 0.338 e. The van der Waals surface area contributed by atoms with E-state index in [-0.39, 0.29) is 24.3 Å². The number of nitrogens with zero attached hydrogens (tertiary/aromatic N) is 1. The molecule has 1 fully saturated rings. The molecule has 3 rings (SSSR count). The summed E-state index contributed by atoms with van der Waals surface area (Å²) in [6.07, 6.45) is 0.223. The molecule has 1 aliphatic heterocycles. The van der Waals surface area contributed by atoms with Crippen LogP contribution in [-0.2, 0) is 14.3 Å². The first-order valence-corrected chi connectivity index (χ1v) is 10.0. The van der Waals surface area contributed by atoms with Gasteiger partial charge in [0, 0.05) is 24.3 Å². The van der Waals surface area contributed by atoms with Crippen molar-refractivity contribution in [1.29, 1.82) is 0 Å². The van der Waals surface area contributed by atoms with E-state index in [0.29, 0.717) is 24.4 Å². The van der Waals surface area contributed by atoms with Gasteiger partial charge in [0.15, 0.2) is 0 Å². The van der Waals surface area contributed by atoms with Crippen molar-refractivity contribution in [2.24, 2.45) is 5.92 Å². The summed E-state index contributed by atoms with van der Waals surface area (Å²) in [6.45, 7) is 6.26. The van der Waals surface area contributed by atoms with Gasteiger partial charge in [0.1, 0.15) is 5.75 Å². The summed E-state index contributed by atoms with van der Waals surface area (Å²) in [6, 6.07) is 13.8. The summed E-state index contributed by atoms with van der Waals surface area (Å²) in [5.74, 6) is -0.438. The Hall–Kier alpha value is -3.35. The van der Waals surface area contributed by atoms with E-state index in [1.54, 1.807) is 36.1 Å². The van der Waals surface area contributed by atoms with Crippen molar-refractivity contribution in [2.75, 3.05) is 23.4 Å². The Morgan fingerprint density at radius 3 is 2.37 bits per heavy atom. The lowest BCUT2D eigenvalue weighted by molar-refractivity contribution is -0.122. The Balaban J connectivity index is 1.60. The summed E-state index contributed by atoms with van der Waals surface area (Å²) in [4.78, 5) is 38.4. The van der Waals surface area contributed by atoms with E-state index in [4.69, 9.17) is 9.47 Å². The molecule has 2 aromatic carbocycles. The molecule has 0 spiro atoms. The average molecular weight is 410 g/mol. The molecule has 0 saturated carbocycles. The number of hydrogen-bond donors (Lipinski definition) is 1. The van der Waals surface area contributed by atoms with Crippen LogP contribution in [0.3, 0.4) is 0 Å². The standard InChI is InChI=1S/C23H26N2O5/c1-4-29-23(28)16-5-7-18(8-6-16)24-22(27)17-13-21(26)25(14-17)19-9-11-20(12-10-19)30-15(2)3/h5-12,15,17H,4,13-14H2,1-3H3,(H,24,27)/t17-/m1/s1. The Morgan fingerprint density at radius 1 is 1.10 bits per heavy atom. The van der Waals surface area contributed by atoms with Gasteiger partial charge in [0.25, 0.3) is 0 Å². The number of carbonyl (C=O) groups is 3. The maximum atomic E-state index is 12.6. The molecular weight excluding hydrogens is 384 g/mol. The minimum atomic E-state index is -0.450. The molecule has 2 amide bonds. The van der Waals surface area contributed by atoms with Gasteiger partial charge in [-0.1, -0.05) is 0 Å².